The van der Waals surface area contributed by atoms with Crippen molar-refractivity contribution in [2.75, 3.05) is 0 Å². The van der Waals surface area contributed by atoms with Crippen LogP contribution in [0.3, 0.4) is 0 Å². The summed E-state index contributed by atoms with van der Waals surface area (Å²) < 4.78 is 0. The van der Waals surface area contributed by atoms with Gasteiger partial charge in [-0.2, -0.15) is 0 Å². The third-order valence-electron chi connectivity index (χ3n) is 3.11. The predicted molar refractivity (Wildman–Crippen MR) is 96.7 cm³/mol. The lowest BCUT2D eigenvalue weighted by atomic mass is 10.2. The maximum atomic E-state index is 12.1. The van der Waals surface area contributed by atoms with Crippen molar-refractivity contribution in [3.63, 3.8) is 0 Å². The van der Waals surface area contributed by atoms with E-state index in [1.54, 1.807) is 35.7 Å². The molecular weight excluding hydrogens is 383 g/mol. The molecule has 0 spiro atoms. The van der Waals surface area contributed by atoms with Crippen molar-refractivity contribution in [2.45, 2.75) is 0 Å². The fourth-order valence-corrected chi connectivity index (χ4v) is 3.19. The molecule has 0 unspecified atom stereocenters. The summed E-state index contributed by atoms with van der Waals surface area (Å²) in [6.07, 6.45) is 1.48. The molecule has 0 aliphatic rings. The second-order valence-corrected chi connectivity index (χ2v) is 6.41. The fourth-order valence-electron chi connectivity index (χ4n) is 1.91. The largest absolute Gasteiger partial charge is 0.289 e. The minimum Gasteiger partial charge on any atom is -0.266 e. The number of carbonyl (C=O) groups is 2. The van der Waals surface area contributed by atoms with Gasteiger partial charge < -0.3 is 0 Å². The van der Waals surface area contributed by atoms with E-state index in [1.165, 1.54) is 23.6 Å². The molecule has 6 nitrogen and oxygen atoms in total. The monoisotopic (exact) mass is 392 g/mol. The van der Waals surface area contributed by atoms with Gasteiger partial charge in [0, 0.05) is 17.1 Å². The Morgan fingerprint density at radius 1 is 0.960 bits per heavy atom. The summed E-state index contributed by atoms with van der Waals surface area (Å²) in [7, 11) is 0. The Morgan fingerprint density at radius 2 is 1.72 bits per heavy atom. The van der Waals surface area contributed by atoms with Gasteiger partial charge in [-0.1, -0.05) is 41.4 Å². The average molecular weight is 393 g/mol. The van der Waals surface area contributed by atoms with E-state index in [1.807, 2.05) is 0 Å². The van der Waals surface area contributed by atoms with Crippen LogP contribution in [0.15, 0.2) is 48.0 Å². The van der Waals surface area contributed by atoms with Crippen molar-refractivity contribution < 1.29 is 9.59 Å². The highest BCUT2D eigenvalue weighted by Crippen LogP contribution is 2.34. The summed E-state index contributed by atoms with van der Waals surface area (Å²) >= 11 is 13.4. The van der Waals surface area contributed by atoms with Crippen LogP contribution in [0, 0.1) is 0 Å². The number of benzene rings is 1. The first-order valence-corrected chi connectivity index (χ1v) is 8.61. The minimum atomic E-state index is -0.551. The van der Waals surface area contributed by atoms with Crippen molar-refractivity contribution in [2.24, 2.45) is 0 Å². The summed E-state index contributed by atoms with van der Waals surface area (Å²) in [4.78, 5) is 32.1. The Morgan fingerprint density at radius 3 is 2.44 bits per heavy atom. The highest BCUT2D eigenvalue weighted by atomic mass is 35.5. The molecule has 1 aromatic carbocycles. The number of halogens is 2. The number of rotatable bonds is 3. The SMILES string of the molecule is O=C(NNC(=O)c1csc(-c2cccc(Cl)c2Cl)n1)c1ccccn1. The number of carbonyl (C=O) groups excluding carboxylic acids is 2. The molecule has 0 fully saturated rings. The Bertz CT molecular complexity index is 931. The van der Waals surface area contributed by atoms with Crippen molar-refractivity contribution in [1.82, 2.24) is 20.8 Å². The normalized spacial score (nSPS) is 10.3. The Balaban J connectivity index is 1.69. The molecule has 0 aliphatic heterocycles. The van der Waals surface area contributed by atoms with Crippen LogP contribution >= 0.6 is 34.5 Å². The number of thiazole rings is 1. The van der Waals surface area contributed by atoms with Gasteiger partial charge >= 0.3 is 0 Å². The summed E-state index contributed by atoms with van der Waals surface area (Å²) in [6, 6.07) is 10.1. The van der Waals surface area contributed by atoms with Crippen LogP contribution in [0.5, 0.6) is 0 Å². The topological polar surface area (TPSA) is 84.0 Å². The Kier molecular flexibility index (Phi) is 5.28. The van der Waals surface area contributed by atoms with E-state index >= 15 is 0 Å². The molecule has 0 atom stereocenters. The van der Waals surface area contributed by atoms with Gasteiger partial charge in [0.05, 0.1) is 10.0 Å². The molecule has 3 aromatic rings. The van der Waals surface area contributed by atoms with Crippen LogP contribution in [0.25, 0.3) is 10.6 Å². The first kappa shape index (κ1) is 17.3. The number of pyridine rings is 1. The molecule has 2 aromatic heterocycles. The number of hydrogen-bond donors (Lipinski definition) is 2. The standard InChI is InChI=1S/C16H10Cl2N4O2S/c17-10-5-3-4-9(13(10)18)16-20-12(8-25-16)15(24)22-21-14(23)11-6-1-2-7-19-11/h1-8H,(H,21,23)(H,22,24). The smallest absolute Gasteiger partial charge is 0.266 e. The lowest BCUT2D eigenvalue weighted by molar-refractivity contribution is 0.0841. The third-order valence-corrected chi connectivity index (χ3v) is 4.80. The molecule has 0 radical (unpaired) electrons. The van der Waals surface area contributed by atoms with E-state index in [0.717, 1.165) is 0 Å². The van der Waals surface area contributed by atoms with Crippen LogP contribution in [0.1, 0.15) is 21.0 Å². The molecular formula is C16H10Cl2N4O2S. The summed E-state index contributed by atoms with van der Waals surface area (Å²) in [5.74, 6) is -1.08. The van der Waals surface area contributed by atoms with Gasteiger partial charge in [-0.3, -0.25) is 25.4 Å². The van der Waals surface area contributed by atoms with Gasteiger partial charge in [-0.05, 0) is 18.2 Å². The number of aromatic nitrogens is 2. The molecule has 0 bridgehead atoms. The summed E-state index contributed by atoms with van der Waals surface area (Å²) in [5.41, 5.74) is 5.55. The highest BCUT2D eigenvalue weighted by Gasteiger charge is 2.16. The van der Waals surface area contributed by atoms with Gasteiger partial charge in [-0.15, -0.1) is 11.3 Å². The van der Waals surface area contributed by atoms with E-state index in [2.05, 4.69) is 20.8 Å². The van der Waals surface area contributed by atoms with Gasteiger partial charge in [-0.25, -0.2) is 4.98 Å². The van der Waals surface area contributed by atoms with E-state index in [0.29, 0.717) is 20.6 Å². The van der Waals surface area contributed by atoms with Gasteiger partial charge in [0.25, 0.3) is 11.8 Å². The lowest BCUT2D eigenvalue weighted by Crippen LogP contribution is -2.42. The average Bonchev–Trinajstić information content (AvgIpc) is 3.12. The number of hydrazine groups is 1. The molecule has 2 amide bonds. The molecule has 2 N–H and O–H groups in total. The Hall–Kier alpha value is -2.48. The molecule has 3 rings (SSSR count). The maximum absolute atomic E-state index is 12.1. The molecule has 0 saturated carbocycles. The second-order valence-electron chi connectivity index (χ2n) is 4.76. The molecule has 2 heterocycles. The quantitative estimate of drug-likeness (QED) is 0.667. The van der Waals surface area contributed by atoms with E-state index in [9.17, 15) is 9.59 Å². The predicted octanol–water partition coefficient (Wildman–Crippen LogP) is 3.59. The van der Waals surface area contributed by atoms with Gasteiger partial charge in [0.2, 0.25) is 0 Å². The van der Waals surface area contributed by atoms with Crippen molar-refractivity contribution in [3.05, 3.63) is 69.4 Å². The fraction of sp³-hybridized carbons (Fsp3) is 0. The van der Waals surface area contributed by atoms with Crippen LogP contribution in [0.2, 0.25) is 10.0 Å². The zero-order valence-corrected chi connectivity index (χ0v) is 14.8. The molecule has 126 valence electrons. The second kappa shape index (κ2) is 7.60. The molecule has 0 saturated heterocycles. The zero-order chi connectivity index (χ0) is 17.8. The van der Waals surface area contributed by atoms with E-state index in [4.69, 9.17) is 23.2 Å². The maximum Gasteiger partial charge on any atom is 0.289 e. The summed E-state index contributed by atoms with van der Waals surface area (Å²) in [6.45, 7) is 0. The Labute approximate surface area is 156 Å². The molecule has 25 heavy (non-hydrogen) atoms. The zero-order valence-electron chi connectivity index (χ0n) is 12.5. The molecule has 9 heteroatoms. The molecule has 0 aliphatic carbocycles. The number of hydrogen-bond acceptors (Lipinski definition) is 5. The van der Waals surface area contributed by atoms with Crippen LogP contribution < -0.4 is 10.9 Å². The van der Waals surface area contributed by atoms with Crippen LogP contribution in [0.4, 0.5) is 0 Å². The van der Waals surface area contributed by atoms with Crippen LogP contribution in [-0.2, 0) is 0 Å². The minimum absolute atomic E-state index is 0.150. The van der Waals surface area contributed by atoms with Gasteiger partial charge in [0.15, 0.2) is 0 Å². The first-order valence-electron chi connectivity index (χ1n) is 6.98. The van der Waals surface area contributed by atoms with Crippen molar-refractivity contribution in [1.29, 1.82) is 0 Å². The number of nitrogens with one attached hydrogen (secondary N) is 2. The third kappa shape index (κ3) is 3.96. The lowest BCUT2D eigenvalue weighted by Gasteiger charge is -2.05. The van der Waals surface area contributed by atoms with Crippen molar-refractivity contribution in [3.8, 4) is 10.6 Å². The van der Waals surface area contributed by atoms with Crippen LogP contribution in [-0.4, -0.2) is 21.8 Å². The van der Waals surface area contributed by atoms with E-state index in [-0.39, 0.29) is 11.4 Å². The van der Waals surface area contributed by atoms with Crippen molar-refractivity contribution >= 4 is 46.4 Å². The first-order chi connectivity index (χ1) is 12.1. The number of amides is 2. The van der Waals surface area contributed by atoms with E-state index < -0.39 is 11.8 Å². The highest BCUT2D eigenvalue weighted by molar-refractivity contribution is 7.13. The number of nitrogens with zero attached hydrogens (tertiary/aromatic N) is 2. The van der Waals surface area contributed by atoms with Gasteiger partial charge in [0.1, 0.15) is 16.4 Å². The summed E-state index contributed by atoms with van der Waals surface area (Å²) in [5, 5.41) is 2.89.